The van der Waals surface area contributed by atoms with E-state index in [1.165, 1.54) is 0 Å². The molecule has 2 N–H and O–H groups in total. The van der Waals surface area contributed by atoms with Crippen molar-refractivity contribution >= 4 is 11.9 Å². The van der Waals surface area contributed by atoms with Crippen molar-refractivity contribution in [2.45, 2.75) is 38.4 Å². The van der Waals surface area contributed by atoms with Crippen LogP contribution in [0.3, 0.4) is 0 Å². The highest BCUT2D eigenvalue weighted by Gasteiger charge is 2.42. The van der Waals surface area contributed by atoms with Crippen LogP contribution in [0.25, 0.3) is 0 Å². The standard InChI is InChI=1S/C13H18N2O4/c1-13(2)8-14-12(18)10(6-11(16)17)15(13)7-9-4-3-5-19-9/h3-5,10H,6-8H2,1-2H3,(H,14,18)(H,16,17). The van der Waals surface area contributed by atoms with E-state index in [0.29, 0.717) is 13.1 Å². The third-order valence-electron chi connectivity index (χ3n) is 3.43. The highest BCUT2D eigenvalue weighted by atomic mass is 16.4. The molecule has 6 nitrogen and oxygen atoms in total. The van der Waals surface area contributed by atoms with E-state index in [2.05, 4.69) is 5.32 Å². The van der Waals surface area contributed by atoms with Gasteiger partial charge in [0.05, 0.1) is 19.2 Å². The Morgan fingerprint density at radius 2 is 2.37 bits per heavy atom. The van der Waals surface area contributed by atoms with Crippen LogP contribution in [0.4, 0.5) is 0 Å². The van der Waals surface area contributed by atoms with Gasteiger partial charge < -0.3 is 14.8 Å². The molecule has 2 rings (SSSR count). The zero-order chi connectivity index (χ0) is 14.0. The fourth-order valence-corrected chi connectivity index (χ4v) is 2.35. The first-order valence-corrected chi connectivity index (χ1v) is 6.19. The number of nitrogens with zero attached hydrogens (tertiary/aromatic N) is 1. The van der Waals surface area contributed by atoms with Crippen molar-refractivity contribution in [3.8, 4) is 0 Å². The van der Waals surface area contributed by atoms with Gasteiger partial charge in [0.25, 0.3) is 0 Å². The minimum Gasteiger partial charge on any atom is -0.481 e. The lowest BCUT2D eigenvalue weighted by Gasteiger charge is -2.46. The van der Waals surface area contributed by atoms with E-state index in [-0.39, 0.29) is 17.9 Å². The Morgan fingerprint density at radius 3 is 2.95 bits per heavy atom. The van der Waals surface area contributed by atoms with Gasteiger partial charge in [0, 0.05) is 12.1 Å². The summed E-state index contributed by atoms with van der Waals surface area (Å²) in [6.45, 7) is 4.86. The maximum absolute atomic E-state index is 11.9. The second kappa shape index (κ2) is 5.05. The van der Waals surface area contributed by atoms with E-state index in [1.54, 1.807) is 12.3 Å². The summed E-state index contributed by atoms with van der Waals surface area (Å²) in [5.74, 6) is -0.506. The number of carboxylic acids is 1. The van der Waals surface area contributed by atoms with Gasteiger partial charge >= 0.3 is 5.97 Å². The van der Waals surface area contributed by atoms with Gasteiger partial charge in [-0.3, -0.25) is 14.5 Å². The van der Waals surface area contributed by atoms with Crippen LogP contribution in [-0.4, -0.2) is 40.0 Å². The van der Waals surface area contributed by atoms with Crippen LogP contribution in [0, 0.1) is 0 Å². The molecule has 1 atom stereocenters. The van der Waals surface area contributed by atoms with Crippen LogP contribution in [0.15, 0.2) is 22.8 Å². The second-order valence-corrected chi connectivity index (χ2v) is 5.35. The summed E-state index contributed by atoms with van der Waals surface area (Å²) in [5, 5.41) is 11.7. The number of hydrogen-bond acceptors (Lipinski definition) is 4. The van der Waals surface area contributed by atoms with Gasteiger partial charge in [-0.05, 0) is 26.0 Å². The van der Waals surface area contributed by atoms with E-state index in [1.807, 2.05) is 24.8 Å². The quantitative estimate of drug-likeness (QED) is 0.843. The van der Waals surface area contributed by atoms with Crippen molar-refractivity contribution in [2.75, 3.05) is 6.54 Å². The van der Waals surface area contributed by atoms with Crippen molar-refractivity contribution in [3.05, 3.63) is 24.2 Å². The Kier molecular flexibility index (Phi) is 3.61. The number of rotatable bonds is 4. The number of amides is 1. The monoisotopic (exact) mass is 266 g/mol. The summed E-state index contributed by atoms with van der Waals surface area (Å²) in [6, 6.07) is 2.92. The fourth-order valence-electron chi connectivity index (χ4n) is 2.35. The maximum atomic E-state index is 11.9. The summed E-state index contributed by atoms with van der Waals surface area (Å²) in [7, 11) is 0. The van der Waals surface area contributed by atoms with E-state index >= 15 is 0 Å². The topological polar surface area (TPSA) is 82.8 Å². The number of carbonyl (C=O) groups is 2. The lowest BCUT2D eigenvalue weighted by molar-refractivity contribution is -0.146. The molecule has 1 fully saturated rings. The molecule has 2 heterocycles. The normalized spacial score (nSPS) is 23.1. The van der Waals surface area contributed by atoms with E-state index in [0.717, 1.165) is 5.76 Å². The molecule has 1 saturated heterocycles. The molecule has 0 aromatic carbocycles. The van der Waals surface area contributed by atoms with Crippen LogP contribution >= 0.6 is 0 Å². The molecule has 6 heteroatoms. The van der Waals surface area contributed by atoms with Gasteiger partial charge in [-0.15, -0.1) is 0 Å². The molecule has 0 spiro atoms. The van der Waals surface area contributed by atoms with E-state index < -0.39 is 12.0 Å². The lowest BCUT2D eigenvalue weighted by Crippen LogP contribution is -2.65. The summed E-state index contributed by atoms with van der Waals surface area (Å²) in [5.41, 5.74) is -0.319. The largest absolute Gasteiger partial charge is 0.481 e. The van der Waals surface area contributed by atoms with Crippen molar-refractivity contribution in [1.29, 1.82) is 0 Å². The first kappa shape index (κ1) is 13.6. The van der Waals surface area contributed by atoms with Crippen LogP contribution < -0.4 is 5.32 Å². The Balaban J connectivity index is 2.24. The Morgan fingerprint density at radius 1 is 1.63 bits per heavy atom. The van der Waals surface area contributed by atoms with Crippen LogP contribution in [0.5, 0.6) is 0 Å². The number of furan rings is 1. The van der Waals surface area contributed by atoms with Gasteiger partial charge in [0.2, 0.25) is 5.91 Å². The second-order valence-electron chi connectivity index (χ2n) is 5.35. The molecule has 1 aromatic heterocycles. The Labute approximate surface area is 111 Å². The molecule has 0 saturated carbocycles. The van der Waals surface area contributed by atoms with E-state index in [9.17, 15) is 9.59 Å². The molecule has 1 aromatic rings. The number of piperazine rings is 1. The average molecular weight is 266 g/mol. The molecule has 1 unspecified atom stereocenters. The maximum Gasteiger partial charge on any atom is 0.305 e. The van der Waals surface area contributed by atoms with Gasteiger partial charge in [-0.25, -0.2) is 0 Å². The van der Waals surface area contributed by atoms with Gasteiger partial charge in [0.1, 0.15) is 11.8 Å². The highest BCUT2D eigenvalue weighted by molar-refractivity contribution is 5.87. The third-order valence-corrected chi connectivity index (χ3v) is 3.43. The molecule has 0 aliphatic carbocycles. The minimum atomic E-state index is -0.984. The van der Waals surface area contributed by atoms with Crippen LogP contribution in [0.2, 0.25) is 0 Å². The lowest BCUT2D eigenvalue weighted by atomic mass is 9.94. The summed E-state index contributed by atoms with van der Waals surface area (Å²) in [6.07, 6.45) is 1.36. The number of aliphatic carboxylic acids is 1. The zero-order valence-corrected chi connectivity index (χ0v) is 11.0. The molecular weight excluding hydrogens is 248 g/mol. The first-order chi connectivity index (χ1) is 8.90. The van der Waals surface area contributed by atoms with Crippen molar-refractivity contribution < 1.29 is 19.1 Å². The Hall–Kier alpha value is -1.82. The molecular formula is C13H18N2O4. The predicted molar refractivity (Wildman–Crippen MR) is 67.4 cm³/mol. The number of carboxylic acid groups (broad SMARTS) is 1. The minimum absolute atomic E-state index is 0.212. The molecule has 104 valence electrons. The van der Waals surface area contributed by atoms with Crippen molar-refractivity contribution in [3.63, 3.8) is 0 Å². The average Bonchev–Trinajstić information content (AvgIpc) is 2.81. The summed E-state index contributed by atoms with van der Waals surface area (Å²) in [4.78, 5) is 24.7. The van der Waals surface area contributed by atoms with E-state index in [4.69, 9.17) is 9.52 Å². The molecule has 0 radical (unpaired) electrons. The van der Waals surface area contributed by atoms with Crippen LogP contribution in [-0.2, 0) is 16.1 Å². The number of hydrogen-bond donors (Lipinski definition) is 2. The smallest absolute Gasteiger partial charge is 0.305 e. The molecule has 1 aliphatic heterocycles. The zero-order valence-electron chi connectivity index (χ0n) is 11.0. The number of nitrogens with one attached hydrogen (secondary N) is 1. The fraction of sp³-hybridized carbons (Fsp3) is 0.538. The predicted octanol–water partition coefficient (Wildman–Crippen LogP) is 0.833. The van der Waals surface area contributed by atoms with Gasteiger partial charge in [-0.1, -0.05) is 0 Å². The van der Waals surface area contributed by atoms with Crippen molar-refractivity contribution in [1.82, 2.24) is 10.2 Å². The molecule has 1 amide bonds. The van der Waals surface area contributed by atoms with Gasteiger partial charge in [0.15, 0.2) is 0 Å². The molecule has 0 bridgehead atoms. The highest BCUT2D eigenvalue weighted by Crippen LogP contribution is 2.26. The van der Waals surface area contributed by atoms with Gasteiger partial charge in [-0.2, -0.15) is 0 Å². The summed E-state index contributed by atoms with van der Waals surface area (Å²) >= 11 is 0. The first-order valence-electron chi connectivity index (χ1n) is 6.19. The Bertz CT molecular complexity index is 467. The SMILES string of the molecule is CC1(C)CNC(=O)C(CC(=O)O)N1Cc1ccco1. The summed E-state index contributed by atoms with van der Waals surface area (Å²) < 4.78 is 5.30. The molecule has 1 aliphatic rings. The van der Waals surface area contributed by atoms with Crippen LogP contribution in [0.1, 0.15) is 26.0 Å². The number of carbonyl (C=O) groups excluding carboxylic acids is 1. The molecule has 19 heavy (non-hydrogen) atoms. The third kappa shape index (κ3) is 2.96. The van der Waals surface area contributed by atoms with Crippen molar-refractivity contribution in [2.24, 2.45) is 0 Å².